The molecular weight excluding hydrogens is 140 g/mol. The molecule has 2 rings (SSSR count). The summed E-state index contributed by atoms with van der Waals surface area (Å²) in [5.74, 6) is 0.440. The molecule has 1 N–H and O–H groups in total. The van der Waals surface area contributed by atoms with E-state index < -0.39 is 0 Å². The van der Waals surface area contributed by atoms with Crippen molar-refractivity contribution < 1.29 is 4.79 Å². The Morgan fingerprint density at radius 2 is 2.36 bits per heavy atom. The molecule has 2 saturated heterocycles. The van der Waals surface area contributed by atoms with Gasteiger partial charge in [0.25, 0.3) is 0 Å². The summed E-state index contributed by atoms with van der Waals surface area (Å²) in [7, 11) is 0. The summed E-state index contributed by atoms with van der Waals surface area (Å²) < 4.78 is 0. The molecule has 0 saturated carbocycles. The van der Waals surface area contributed by atoms with Crippen molar-refractivity contribution in [2.75, 3.05) is 26.2 Å². The molecule has 0 amide bonds. The number of rotatable bonds is 0. The first-order valence-electron chi connectivity index (χ1n) is 4.33. The maximum atomic E-state index is 11.1. The molecule has 2 aliphatic rings. The minimum absolute atomic E-state index is 0.440. The van der Waals surface area contributed by atoms with Crippen LogP contribution in [0.25, 0.3) is 0 Å². The second-order valence-electron chi connectivity index (χ2n) is 3.39. The third-order valence-electron chi connectivity index (χ3n) is 2.61. The Bertz CT molecular complexity index is 169. The summed E-state index contributed by atoms with van der Waals surface area (Å²) in [6, 6.07) is 0.505. The second-order valence-corrected chi connectivity index (χ2v) is 3.39. The van der Waals surface area contributed by atoms with Gasteiger partial charge in [-0.25, -0.2) is 0 Å². The molecule has 2 aliphatic heterocycles. The molecule has 0 bridgehead atoms. The van der Waals surface area contributed by atoms with Gasteiger partial charge in [-0.3, -0.25) is 9.69 Å². The van der Waals surface area contributed by atoms with E-state index in [-0.39, 0.29) is 0 Å². The van der Waals surface area contributed by atoms with Crippen LogP contribution in [0, 0.1) is 0 Å². The van der Waals surface area contributed by atoms with E-state index in [1.807, 2.05) is 0 Å². The predicted molar refractivity (Wildman–Crippen MR) is 42.5 cm³/mol. The molecule has 3 heteroatoms. The fourth-order valence-electron chi connectivity index (χ4n) is 1.93. The van der Waals surface area contributed by atoms with Gasteiger partial charge in [0.15, 0.2) is 0 Å². The van der Waals surface area contributed by atoms with Crippen molar-refractivity contribution in [2.45, 2.75) is 18.9 Å². The van der Waals surface area contributed by atoms with E-state index >= 15 is 0 Å². The van der Waals surface area contributed by atoms with Crippen molar-refractivity contribution in [1.29, 1.82) is 0 Å². The van der Waals surface area contributed by atoms with E-state index in [2.05, 4.69) is 10.2 Å². The zero-order valence-corrected chi connectivity index (χ0v) is 6.68. The fraction of sp³-hybridized carbons (Fsp3) is 0.875. The molecule has 0 aromatic heterocycles. The molecule has 0 aliphatic carbocycles. The number of piperidine rings is 1. The van der Waals surface area contributed by atoms with Crippen molar-refractivity contribution in [2.24, 2.45) is 0 Å². The monoisotopic (exact) mass is 154 g/mol. The Hall–Kier alpha value is -0.410. The molecule has 0 radical (unpaired) electrons. The Kier molecular flexibility index (Phi) is 1.92. The summed E-state index contributed by atoms with van der Waals surface area (Å²) >= 11 is 0. The normalized spacial score (nSPS) is 33.5. The van der Waals surface area contributed by atoms with Gasteiger partial charge in [0, 0.05) is 45.1 Å². The average Bonchev–Trinajstić information content (AvgIpc) is 2.04. The van der Waals surface area contributed by atoms with Crippen molar-refractivity contribution in [3.05, 3.63) is 0 Å². The largest absolute Gasteiger partial charge is 0.314 e. The molecule has 1 unspecified atom stereocenters. The fourth-order valence-corrected chi connectivity index (χ4v) is 1.93. The highest BCUT2D eigenvalue weighted by Crippen LogP contribution is 2.14. The smallest absolute Gasteiger partial charge is 0.135 e. The van der Waals surface area contributed by atoms with Crippen LogP contribution in [0.4, 0.5) is 0 Å². The molecule has 0 aromatic carbocycles. The molecule has 11 heavy (non-hydrogen) atoms. The highest BCUT2D eigenvalue weighted by molar-refractivity contribution is 5.80. The summed E-state index contributed by atoms with van der Waals surface area (Å²) in [5.41, 5.74) is 0. The second kappa shape index (κ2) is 2.91. The maximum absolute atomic E-state index is 11.1. The Morgan fingerprint density at radius 1 is 1.45 bits per heavy atom. The third-order valence-corrected chi connectivity index (χ3v) is 2.61. The van der Waals surface area contributed by atoms with Crippen LogP contribution in [0.5, 0.6) is 0 Å². The number of nitrogens with zero attached hydrogens (tertiary/aromatic N) is 1. The van der Waals surface area contributed by atoms with E-state index in [0.29, 0.717) is 11.8 Å². The third kappa shape index (κ3) is 1.44. The summed E-state index contributed by atoms with van der Waals surface area (Å²) in [6.45, 7) is 4.21. The van der Waals surface area contributed by atoms with Crippen LogP contribution in [0.3, 0.4) is 0 Å². The number of Topliss-reactive ketones (excluding diaryl/α,β-unsaturated/α-hetero) is 1. The molecule has 2 heterocycles. The lowest BCUT2D eigenvalue weighted by atomic mass is 9.99. The van der Waals surface area contributed by atoms with Crippen LogP contribution < -0.4 is 5.32 Å². The summed E-state index contributed by atoms with van der Waals surface area (Å²) in [6.07, 6.45) is 1.55. The first-order valence-corrected chi connectivity index (χ1v) is 4.33. The summed E-state index contributed by atoms with van der Waals surface area (Å²) in [5, 5.41) is 3.31. The number of ketones is 1. The van der Waals surface area contributed by atoms with Gasteiger partial charge in [-0.15, -0.1) is 0 Å². The minimum atomic E-state index is 0.440. The summed E-state index contributed by atoms with van der Waals surface area (Å²) in [4.78, 5) is 13.5. The van der Waals surface area contributed by atoms with Crippen molar-refractivity contribution in [3.8, 4) is 0 Å². The van der Waals surface area contributed by atoms with Crippen molar-refractivity contribution in [3.63, 3.8) is 0 Å². The zero-order valence-electron chi connectivity index (χ0n) is 6.68. The average molecular weight is 154 g/mol. The molecular formula is C8H14N2O. The quantitative estimate of drug-likeness (QED) is 0.516. The molecule has 3 nitrogen and oxygen atoms in total. The van der Waals surface area contributed by atoms with Crippen LogP contribution in [0.2, 0.25) is 0 Å². The van der Waals surface area contributed by atoms with E-state index in [1.165, 1.54) is 0 Å². The standard InChI is InChI=1S/C8H14N2O/c11-8-1-3-10-4-2-9-6-7(10)5-8/h7,9H,1-6H2. The van der Waals surface area contributed by atoms with Crippen LogP contribution in [-0.4, -0.2) is 42.9 Å². The molecule has 0 spiro atoms. The maximum Gasteiger partial charge on any atom is 0.135 e. The van der Waals surface area contributed by atoms with Gasteiger partial charge >= 0.3 is 0 Å². The molecule has 1 atom stereocenters. The van der Waals surface area contributed by atoms with Crippen LogP contribution in [-0.2, 0) is 4.79 Å². The van der Waals surface area contributed by atoms with Gasteiger partial charge in [-0.2, -0.15) is 0 Å². The van der Waals surface area contributed by atoms with Gasteiger partial charge < -0.3 is 5.32 Å². The van der Waals surface area contributed by atoms with E-state index in [1.54, 1.807) is 0 Å². The van der Waals surface area contributed by atoms with Crippen molar-refractivity contribution in [1.82, 2.24) is 10.2 Å². The van der Waals surface area contributed by atoms with Gasteiger partial charge in [0.2, 0.25) is 0 Å². The first-order chi connectivity index (χ1) is 5.36. The Balaban J connectivity index is 1.98. The lowest BCUT2D eigenvalue weighted by Gasteiger charge is -2.38. The van der Waals surface area contributed by atoms with Gasteiger partial charge in [0.1, 0.15) is 5.78 Å². The lowest BCUT2D eigenvalue weighted by Crippen LogP contribution is -2.54. The van der Waals surface area contributed by atoms with E-state index in [4.69, 9.17) is 0 Å². The van der Waals surface area contributed by atoms with Crippen LogP contribution >= 0.6 is 0 Å². The predicted octanol–water partition coefficient (Wildman–Crippen LogP) is -0.377. The topological polar surface area (TPSA) is 32.3 Å². The highest BCUT2D eigenvalue weighted by Gasteiger charge is 2.28. The first kappa shape index (κ1) is 7.25. The zero-order chi connectivity index (χ0) is 7.68. The number of hydrogen-bond acceptors (Lipinski definition) is 3. The number of carbonyl (C=O) groups is 1. The van der Waals surface area contributed by atoms with Crippen LogP contribution in [0.15, 0.2) is 0 Å². The van der Waals surface area contributed by atoms with Crippen LogP contribution in [0.1, 0.15) is 12.8 Å². The van der Waals surface area contributed by atoms with Crippen molar-refractivity contribution >= 4 is 5.78 Å². The number of fused-ring (bicyclic) bond motifs is 1. The molecule has 2 fully saturated rings. The molecule has 62 valence electrons. The number of hydrogen-bond donors (Lipinski definition) is 1. The number of nitrogens with one attached hydrogen (secondary N) is 1. The minimum Gasteiger partial charge on any atom is -0.314 e. The highest BCUT2D eigenvalue weighted by atomic mass is 16.1. The Morgan fingerprint density at radius 3 is 3.27 bits per heavy atom. The Labute approximate surface area is 66.8 Å². The molecule has 0 aromatic rings. The van der Waals surface area contributed by atoms with E-state index in [0.717, 1.165) is 39.0 Å². The SMILES string of the molecule is O=C1CCN2CCNCC2C1. The number of carbonyl (C=O) groups excluding carboxylic acids is 1. The number of piperazine rings is 1. The lowest BCUT2D eigenvalue weighted by molar-refractivity contribution is -0.123. The van der Waals surface area contributed by atoms with E-state index in [9.17, 15) is 4.79 Å². The van der Waals surface area contributed by atoms with Gasteiger partial charge in [-0.1, -0.05) is 0 Å². The van der Waals surface area contributed by atoms with Gasteiger partial charge in [-0.05, 0) is 0 Å². The van der Waals surface area contributed by atoms with Gasteiger partial charge in [0.05, 0.1) is 0 Å².